The second-order valence-electron chi connectivity index (χ2n) is 5.68. The third kappa shape index (κ3) is 4.10. The highest BCUT2D eigenvalue weighted by molar-refractivity contribution is 5.80. The van der Waals surface area contributed by atoms with Crippen LogP contribution >= 0.6 is 0 Å². The lowest BCUT2D eigenvalue weighted by molar-refractivity contribution is -0.124. The van der Waals surface area contributed by atoms with Crippen molar-refractivity contribution in [2.24, 2.45) is 0 Å². The molecule has 1 heterocycles. The number of carbonyl (C=O) groups is 1. The number of nitrogens with zero attached hydrogens (tertiary/aromatic N) is 1. The molecular formula is C20H19FN2O. The van der Waals surface area contributed by atoms with Gasteiger partial charge >= 0.3 is 0 Å². The number of hydrogen-bond donors (Lipinski definition) is 1. The molecule has 0 aliphatic rings. The maximum atomic E-state index is 13.0. The fourth-order valence-corrected chi connectivity index (χ4v) is 2.64. The molecular weight excluding hydrogens is 303 g/mol. The van der Waals surface area contributed by atoms with Gasteiger partial charge in [0.1, 0.15) is 11.9 Å². The highest BCUT2D eigenvalue weighted by Crippen LogP contribution is 2.15. The van der Waals surface area contributed by atoms with E-state index in [1.165, 1.54) is 12.1 Å². The molecule has 0 spiro atoms. The predicted molar refractivity (Wildman–Crippen MR) is 91.9 cm³/mol. The fourth-order valence-electron chi connectivity index (χ4n) is 2.64. The van der Waals surface area contributed by atoms with Crippen LogP contribution in [-0.2, 0) is 17.8 Å². The van der Waals surface area contributed by atoms with E-state index in [1.54, 1.807) is 12.1 Å². The molecule has 1 atom stereocenters. The second kappa shape index (κ2) is 7.59. The van der Waals surface area contributed by atoms with Crippen molar-refractivity contribution in [2.45, 2.75) is 19.0 Å². The summed E-state index contributed by atoms with van der Waals surface area (Å²) in [5, 5.41) is 2.94. The van der Waals surface area contributed by atoms with E-state index in [9.17, 15) is 9.18 Å². The van der Waals surface area contributed by atoms with Gasteiger partial charge in [-0.15, -0.1) is 0 Å². The quantitative estimate of drug-likeness (QED) is 0.737. The summed E-state index contributed by atoms with van der Waals surface area (Å²) >= 11 is 0. The van der Waals surface area contributed by atoms with Crippen LogP contribution in [0.4, 0.5) is 4.39 Å². The first-order valence-electron chi connectivity index (χ1n) is 7.91. The van der Waals surface area contributed by atoms with Crippen LogP contribution in [0.1, 0.15) is 17.2 Å². The molecule has 1 aromatic heterocycles. The molecule has 0 unspecified atom stereocenters. The zero-order valence-electron chi connectivity index (χ0n) is 13.2. The summed E-state index contributed by atoms with van der Waals surface area (Å²) in [6, 6.07) is 19.6. The number of amides is 1. The lowest BCUT2D eigenvalue weighted by Gasteiger charge is -2.19. The molecule has 2 aromatic carbocycles. The maximum Gasteiger partial charge on any atom is 0.243 e. The first-order chi connectivity index (χ1) is 11.7. The normalized spacial score (nSPS) is 11.9. The molecule has 4 heteroatoms. The summed E-state index contributed by atoms with van der Waals surface area (Å²) in [7, 11) is 0. The summed E-state index contributed by atoms with van der Waals surface area (Å²) in [5.41, 5.74) is 1.98. The second-order valence-corrected chi connectivity index (χ2v) is 5.68. The molecule has 0 aliphatic heterocycles. The summed E-state index contributed by atoms with van der Waals surface area (Å²) in [4.78, 5) is 12.7. The topological polar surface area (TPSA) is 34.0 Å². The van der Waals surface area contributed by atoms with Gasteiger partial charge in [0, 0.05) is 25.4 Å². The van der Waals surface area contributed by atoms with Crippen LogP contribution in [0, 0.1) is 5.82 Å². The van der Waals surface area contributed by atoms with Gasteiger partial charge in [-0.2, -0.15) is 0 Å². The van der Waals surface area contributed by atoms with E-state index in [0.717, 1.165) is 11.1 Å². The number of benzene rings is 2. The maximum absolute atomic E-state index is 13.0. The Hall–Kier alpha value is -2.88. The van der Waals surface area contributed by atoms with Crippen molar-refractivity contribution >= 4 is 5.91 Å². The fraction of sp³-hybridized carbons (Fsp3) is 0.150. The highest BCUT2D eigenvalue weighted by atomic mass is 19.1. The molecule has 24 heavy (non-hydrogen) atoms. The van der Waals surface area contributed by atoms with Crippen LogP contribution in [0.5, 0.6) is 0 Å². The van der Waals surface area contributed by atoms with Gasteiger partial charge in [0.05, 0.1) is 0 Å². The summed E-state index contributed by atoms with van der Waals surface area (Å²) in [6.07, 6.45) is 4.40. The van der Waals surface area contributed by atoms with Gasteiger partial charge in [-0.1, -0.05) is 42.5 Å². The number of carbonyl (C=O) groups excluding carboxylic acids is 1. The molecule has 3 aromatic rings. The molecule has 1 amide bonds. The van der Waals surface area contributed by atoms with Crippen molar-refractivity contribution in [3.63, 3.8) is 0 Å². The molecule has 1 N–H and O–H groups in total. The Morgan fingerprint density at radius 2 is 1.58 bits per heavy atom. The van der Waals surface area contributed by atoms with E-state index in [4.69, 9.17) is 0 Å². The van der Waals surface area contributed by atoms with Crippen LogP contribution in [0.2, 0.25) is 0 Å². The van der Waals surface area contributed by atoms with E-state index < -0.39 is 0 Å². The standard InChI is InChI=1S/C20H19FN2O/c21-18-10-8-17(9-11-18)15-22-20(24)19(23-12-4-5-13-23)14-16-6-2-1-3-7-16/h1-13,19H,14-15H2,(H,22,24)/t19-/m0/s1. The third-order valence-corrected chi connectivity index (χ3v) is 3.94. The van der Waals surface area contributed by atoms with Gasteiger partial charge in [0.15, 0.2) is 0 Å². The summed E-state index contributed by atoms with van der Waals surface area (Å²) in [5.74, 6) is -0.334. The predicted octanol–water partition coefficient (Wildman–Crippen LogP) is 3.73. The van der Waals surface area contributed by atoms with Gasteiger partial charge in [0.25, 0.3) is 0 Å². The van der Waals surface area contributed by atoms with Crippen molar-refractivity contribution in [3.8, 4) is 0 Å². The molecule has 0 fully saturated rings. The molecule has 0 saturated heterocycles. The summed E-state index contributed by atoms with van der Waals surface area (Å²) < 4.78 is 14.9. The van der Waals surface area contributed by atoms with Crippen LogP contribution in [0.15, 0.2) is 79.1 Å². The van der Waals surface area contributed by atoms with Crippen molar-refractivity contribution in [2.75, 3.05) is 0 Å². The van der Waals surface area contributed by atoms with E-state index in [1.807, 2.05) is 59.4 Å². The van der Waals surface area contributed by atoms with E-state index >= 15 is 0 Å². The van der Waals surface area contributed by atoms with Gasteiger partial charge in [-0.25, -0.2) is 4.39 Å². The minimum Gasteiger partial charge on any atom is -0.350 e. The number of halogens is 1. The SMILES string of the molecule is O=C(NCc1ccc(F)cc1)[C@H](Cc1ccccc1)n1cccc1. The van der Waals surface area contributed by atoms with E-state index in [0.29, 0.717) is 13.0 Å². The van der Waals surface area contributed by atoms with Crippen LogP contribution < -0.4 is 5.32 Å². The van der Waals surface area contributed by atoms with Gasteiger partial charge in [-0.05, 0) is 35.4 Å². The minimum atomic E-state index is -0.317. The van der Waals surface area contributed by atoms with E-state index in [2.05, 4.69) is 5.32 Å². The van der Waals surface area contributed by atoms with E-state index in [-0.39, 0.29) is 17.8 Å². The Kier molecular flexibility index (Phi) is 5.06. The monoisotopic (exact) mass is 322 g/mol. The summed E-state index contributed by atoms with van der Waals surface area (Å²) in [6.45, 7) is 0.381. The molecule has 0 radical (unpaired) electrons. The average Bonchev–Trinajstić information content (AvgIpc) is 3.14. The number of nitrogens with one attached hydrogen (secondary N) is 1. The number of rotatable bonds is 6. The smallest absolute Gasteiger partial charge is 0.243 e. The Bertz CT molecular complexity index is 767. The molecule has 3 nitrogen and oxygen atoms in total. The lowest BCUT2D eigenvalue weighted by atomic mass is 10.0. The first kappa shape index (κ1) is 16.0. The molecule has 3 rings (SSSR count). The lowest BCUT2D eigenvalue weighted by Crippen LogP contribution is -2.33. The Morgan fingerprint density at radius 1 is 0.917 bits per heavy atom. The van der Waals surface area contributed by atoms with Gasteiger partial charge in [0.2, 0.25) is 5.91 Å². The first-order valence-corrected chi connectivity index (χ1v) is 7.91. The molecule has 0 saturated carbocycles. The molecule has 0 bridgehead atoms. The van der Waals surface area contributed by atoms with Crippen molar-refractivity contribution in [1.29, 1.82) is 0 Å². The zero-order valence-corrected chi connectivity index (χ0v) is 13.2. The average molecular weight is 322 g/mol. The van der Waals surface area contributed by atoms with Crippen molar-refractivity contribution in [1.82, 2.24) is 9.88 Å². The number of hydrogen-bond acceptors (Lipinski definition) is 1. The Balaban J connectivity index is 1.70. The molecule has 122 valence electrons. The van der Waals surface area contributed by atoms with Crippen molar-refractivity contribution < 1.29 is 9.18 Å². The Morgan fingerprint density at radius 3 is 2.25 bits per heavy atom. The molecule has 0 aliphatic carbocycles. The third-order valence-electron chi connectivity index (χ3n) is 3.94. The zero-order chi connectivity index (χ0) is 16.8. The Labute approximate surface area is 140 Å². The van der Waals surface area contributed by atoms with Gasteiger partial charge < -0.3 is 9.88 Å². The van der Waals surface area contributed by atoms with Crippen LogP contribution in [0.3, 0.4) is 0 Å². The van der Waals surface area contributed by atoms with Crippen LogP contribution in [-0.4, -0.2) is 10.5 Å². The van der Waals surface area contributed by atoms with Gasteiger partial charge in [-0.3, -0.25) is 4.79 Å². The highest BCUT2D eigenvalue weighted by Gasteiger charge is 2.19. The van der Waals surface area contributed by atoms with Crippen molar-refractivity contribution in [3.05, 3.63) is 96.1 Å². The van der Waals surface area contributed by atoms with Crippen LogP contribution in [0.25, 0.3) is 0 Å². The number of aromatic nitrogens is 1. The largest absolute Gasteiger partial charge is 0.350 e. The minimum absolute atomic E-state index is 0.0561.